The standard InChI is InChI=1S/C22H28O2Si/c1-6-17-22(4,5)25(24-21(23)18(2)3,19-13-9-7-10-14-19)20-15-11-8-12-16-20/h7-16H,2,6,17H2,1,3-5H3. The van der Waals surface area contributed by atoms with Crippen LogP contribution in [0.5, 0.6) is 0 Å². The molecule has 0 amide bonds. The molecule has 2 rings (SSSR count). The second kappa shape index (κ2) is 7.83. The van der Waals surface area contributed by atoms with Gasteiger partial charge in [0.05, 0.1) is 0 Å². The SMILES string of the molecule is C=C(C)C(=O)O[Si](c1ccccc1)(c1ccccc1)C(C)(C)CCC. The van der Waals surface area contributed by atoms with Crippen LogP contribution >= 0.6 is 0 Å². The van der Waals surface area contributed by atoms with E-state index in [9.17, 15) is 4.79 Å². The van der Waals surface area contributed by atoms with E-state index in [1.165, 1.54) is 0 Å². The molecule has 0 fully saturated rings. The molecule has 0 saturated heterocycles. The molecule has 0 aromatic heterocycles. The summed E-state index contributed by atoms with van der Waals surface area (Å²) < 4.78 is 6.39. The van der Waals surface area contributed by atoms with E-state index in [1.807, 2.05) is 36.4 Å². The summed E-state index contributed by atoms with van der Waals surface area (Å²) in [7, 11) is -2.83. The van der Waals surface area contributed by atoms with E-state index >= 15 is 0 Å². The van der Waals surface area contributed by atoms with Crippen molar-refractivity contribution in [2.45, 2.75) is 45.6 Å². The van der Waals surface area contributed by atoms with Gasteiger partial charge in [0.2, 0.25) is 0 Å². The first-order valence-electron chi connectivity index (χ1n) is 8.85. The summed E-state index contributed by atoms with van der Waals surface area (Å²) in [5.41, 5.74) is 0.441. The van der Waals surface area contributed by atoms with Gasteiger partial charge >= 0.3 is 14.3 Å². The van der Waals surface area contributed by atoms with E-state index in [1.54, 1.807) is 6.92 Å². The Morgan fingerprint density at radius 2 is 1.44 bits per heavy atom. The molecule has 0 aliphatic rings. The lowest BCUT2D eigenvalue weighted by Gasteiger charge is -2.44. The Bertz CT molecular complexity index is 681. The van der Waals surface area contributed by atoms with E-state index in [4.69, 9.17) is 4.43 Å². The van der Waals surface area contributed by atoms with Crippen LogP contribution in [0.2, 0.25) is 5.04 Å². The smallest absolute Gasteiger partial charge is 0.324 e. The summed E-state index contributed by atoms with van der Waals surface area (Å²) in [6, 6.07) is 20.5. The van der Waals surface area contributed by atoms with Crippen LogP contribution in [0.15, 0.2) is 72.8 Å². The van der Waals surface area contributed by atoms with Gasteiger partial charge in [-0.3, -0.25) is 0 Å². The molecule has 25 heavy (non-hydrogen) atoms. The Balaban J connectivity index is 2.78. The van der Waals surface area contributed by atoms with E-state index in [0.717, 1.165) is 23.2 Å². The molecule has 0 heterocycles. The average molecular weight is 353 g/mol. The average Bonchev–Trinajstić information content (AvgIpc) is 2.60. The van der Waals surface area contributed by atoms with Crippen LogP contribution < -0.4 is 10.4 Å². The number of carbonyl (C=O) groups excluding carboxylic acids is 1. The molecular formula is C22H28O2Si. The van der Waals surface area contributed by atoms with Gasteiger partial charge in [0, 0.05) is 10.6 Å². The predicted octanol–water partition coefficient (Wildman–Crippen LogP) is 4.45. The van der Waals surface area contributed by atoms with Gasteiger partial charge in [-0.25, -0.2) is 4.79 Å². The van der Waals surface area contributed by atoms with Gasteiger partial charge in [0.1, 0.15) is 0 Å². The molecule has 0 aliphatic carbocycles. The van der Waals surface area contributed by atoms with Gasteiger partial charge in [0.25, 0.3) is 0 Å². The van der Waals surface area contributed by atoms with Crippen molar-refractivity contribution >= 4 is 24.7 Å². The van der Waals surface area contributed by atoms with Crippen molar-refractivity contribution in [2.75, 3.05) is 0 Å². The summed E-state index contributed by atoms with van der Waals surface area (Å²) in [5, 5.41) is 2.08. The van der Waals surface area contributed by atoms with E-state index in [0.29, 0.717) is 5.57 Å². The zero-order valence-electron chi connectivity index (χ0n) is 15.7. The highest BCUT2D eigenvalue weighted by atomic mass is 28.4. The van der Waals surface area contributed by atoms with E-state index in [2.05, 4.69) is 51.6 Å². The van der Waals surface area contributed by atoms with Gasteiger partial charge in [-0.2, -0.15) is 0 Å². The van der Waals surface area contributed by atoms with Crippen molar-refractivity contribution < 1.29 is 9.22 Å². The highest BCUT2D eigenvalue weighted by Crippen LogP contribution is 2.42. The van der Waals surface area contributed by atoms with Crippen LogP contribution in [0, 0.1) is 0 Å². The summed E-state index contributed by atoms with van der Waals surface area (Å²) in [6.45, 7) is 12.2. The van der Waals surface area contributed by atoms with Crippen LogP contribution in [0.25, 0.3) is 0 Å². The first-order valence-corrected chi connectivity index (χ1v) is 10.8. The lowest BCUT2D eigenvalue weighted by Crippen LogP contribution is -2.68. The van der Waals surface area contributed by atoms with Crippen LogP contribution in [0.4, 0.5) is 0 Å². The molecule has 0 saturated carbocycles. The normalized spacial score (nSPS) is 11.8. The number of carbonyl (C=O) groups is 1. The first kappa shape index (κ1) is 19.2. The maximum Gasteiger partial charge on any atom is 0.324 e. The maximum atomic E-state index is 12.7. The summed E-state index contributed by atoms with van der Waals surface area (Å²) in [4.78, 5) is 12.7. The van der Waals surface area contributed by atoms with Crippen LogP contribution in [0.3, 0.4) is 0 Å². The number of hydrogen-bond acceptors (Lipinski definition) is 2. The van der Waals surface area contributed by atoms with Gasteiger partial charge in [0.15, 0.2) is 0 Å². The van der Waals surface area contributed by atoms with Gasteiger partial charge in [-0.15, -0.1) is 0 Å². The number of rotatable bonds is 7. The molecule has 3 heteroatoms. The molecule has 0 bridgehead atoms. The molecule has 0 radical (unpaired) electrons. The van der Waals surface area contributed by atoms with Gasteiger partial charge < -0.3 is 4.43 Å². The fourth-order valence-electron chi connectivity index (χ4n) is 3.58. The minimum atomic E-state index is -2.83. The molecule has 0 atom stereocenters. The summed E-state index contributed by atoms with van der Waals surface area (Å²) in [5.74, 6) is -0.302. The van der Waals surface area contributed by atoms with Crippen LogP contribution in [0.1, 0.15) is 40.5 Å². The fourth-order valence-corrected chi connectivity index (χ4v) is 8.36. The Hall–Kier alpha value is -2.13. The summed E-state index contributed by atoms with van der Waals surface area (Å²) in [6.07, 6.45) is 2.01. The highest BCUT2D eigenvalue weighted by Gasteiger charge is 2.54. The third-order valence-electron chi connectivity index (χ3n) is 4.78. The number of benzene rings is 2. The third kappa shape index (κ3) is 3.77. The second-order valence-electron chi connectivity index (χ2n) is 7.22. The minimum Gasteiger partial charge on any atom is -0.506 e. The largest absolute Gasteiger partial charge is 0.506 e. The molecule has 2 aromatic rings. The highest BCUT2D eigenvalue weighted by molar-refractivity contribution is 7.00. The van der Waals surface area contributed by atoms with Crippen molar-refractivity contribution in [2.24, 2.45) is 0 Å². The first-order chi connectivity index (χ1) is 11.8. The van der Waals surface area contributed by atoms with Crippen molar-refractivity contribution in [3.8, 4) is 0 Å². The zero-order chi connectivity index (χ0) is 18.5. The molecule has 0 spiro atoms. The maximum absolute atomic E-state index is 12.7. The molecule has 0 unspecified atom stereocenters. The molecule has 0 N–H and O–H groups in total. The second-order valence-corrected chi connectivity index (χ2v) is 11.3. The third-order valence-corrected chi connectivity index (χ3v) is 9.72. The van der Waals surface area contributed by atoms with Gasteiger partial charge in [-0.1, -0.05) is 94.4 Å². The Morgan fingerprint density at radius 3 is 1.80 bits per heavy atom. The Morgan fingerprint density at radius 1 is 1.00 bits per heavy atom. The van der Waals surface area contributed by atoms with Crippen molar-refractivity contribution in [1.29, 1.82) is 0 Å². The topological polar surface area (TPSA) is 26.3 Å². The molecule has 0 aliphatic heterocycles. The predicted molar refractivity (Wildman–Crippen MR) is 108 cm³/mol. The minimum absolute atomic E-state index is 0.157. The summed E-state index contributed by atoms with van der Waals surface area (Å²) >= 11 is 0. The Labute approximate surface area is 152 Å². The lowest BCUT2D eigenvalue weighted by molar-refractivity contribution is -0.130. The number of hydrogen-bond donors (Lipinski definition) is 0. The Kier molecular flexibility index (Phi) is 6.01. The van der Waals surface area contributed by atoms with Crippen molar-refractivity contribution in [3.05, 3.63) is 72.8 Å². The van der Waals surface area contributed by atoms with Crippen LogP contribution in [-0.2, 0) is 9.22 Å². The van der Waals surface area contributed by atoms with Crippen molar-refractivity contribution in [3.63, 3.8) is 0 Å². The van der Waals surface area contributed by atoms with E-state index in [-0.39, 0.29) is 11.0 Å². The quantitative estimate of drug-likeness (QED) is 0.544. The molecule has 2 aromatic carbocycles. The molecular weight excluding hydrogens is 324 g/mol. The van der Waals surface area contributed by atoms with E-state index < -0.39 is 8.32 Å². The monoisotopic (exact) mass is 352 g/mol. The lowest BCUT2D eigenvalue weighted by atomic mass is 10.1. The molecule has 132 valence electrons. The fraction of sp³-hybridized carbons (Fsp3) is 0.318. The van der Waals surface area contributed by atoms with Gasteiger partial charge in [-0.05, 0) is 23.7 Å². The van der Waals surface area contributed by atoms with Crippen molar-refractivity contribution in [1.82, 2.24) is 0 Å². The zero-order valence-corrected chi connectivity index (χ0v) is 16.7. The van der Waals surface area contributed by atoms with Crippen LogP contribution in [-0.4, -0.2) is 14.3 Å². The molecule has 2 nitrogen and oxygen atoms in total.